The van der Waals surface area contributed by atoms with Crippen LogP contribution in [0.25, 0.3) is 16.9 Å². The van der Waals surface area contributed by atoms with Crippen LogP contribution in [0.1, 0.15) is 12.2 Å². The first-order valence-corrected chi connectivity index (χ1v) is 9.94. The molecule has 1 atom stereocenters. The minimum absolute atomic E-state index is 0.251. The number of anilines is 1. The Bertz CT molecular complexity index is 983. The van der Waals surface area contributed by atoms with Gasteiger partial charge < -0.3 is 9.64 Å². The lowest BCUT2D eigenvalue weighted by atomic mass is 10.2. The first kappa shape index (κ1) is 19.0. The summed E-state index contributed by atoms with van der Waals surface area (Å²) in [5.41, 5.74) is 0.982. The fourth-order valence-electron chi connectivity index (χ4n) is 3.27. The van der Waals surface area contributed by atoms with Gasteiger partial charge in [-0.3, -0.25) is 4.57 Å². The number of imidazole rings is 1. The van der Waals surface area contributed by atoms with E-state index in [0.717, 1.165) is 0 Å². The Morgan fingerprint density at radius 2 is 2.00 bits per heavy atom. The van der Waals surface area contributed by atoms with Crippen molar-refractivity contribution in [3.63, 3.8) is 0 Å². The van der Waals surface area contributed by atoms with Crippen molar-refractivity contribution < 1.29 is 17.9 Å². The SMILES string of the molecule is CSc1nc(N2CCOC[C@H]2CF)cc(-n2c(C(F)F)nc3ccccc32)n1. The third-order valence-corrected chi connectivity index (χ3v) is 5.12. The predicted octanol–water partition coefficient (Wildman–Crippen LogP) is 3.65. The second-order valence-corrected chi connectivity index (χ2v) is 7.02. The quantitative estimate of drug-likeness (QED) is 0.474. The number of fused-ring (bicyclic) bond motifs is 1. The van der Waals surface area contributed by atoms with Gasteiger partial charge in [-0.15, -0.1) is 0 Å². The lowest BCUT2D eigenvalue weighted by Crippen LogP contribution is -2.47. The van der Waals surface area contributed by atoms with Gasteiger partial charge in [0.1, 0.15) is 18.3 Å². The van der Waals surface area contributed by atoms with Gasteiger partial charge in [-0.2, -0.15) is 0 Å². The monoisotopic (exact) mass is 409 g/mol. The molecule has 28 heavy (non-hydrogen) atoms. The van der Waals surface area contributed by atoms with Crippen molar-refractivity contribution >= 4 is 28.6 Å². The molecule has 3 heterocycles. The van der Waals surface area contributed by atoms with Crippen LogP contribution in [0, 0.1) is 0 Å². The number of rotatable bonds is 5. The molecular weight excluding hydrogens is 391 g/mol. The molecule has 1 fully saturated rings. The smallest absolute Gasteiger partial charge is 0.296 e. The summed E-state index contributed by atoms with van der Waals surface area (Å²) >= 11 is 1.29. The van der Waals surface area contributed by atoms with E-state index in [1.165, 1.54) is 16.3 Å². The van der Waals surface area contributed by atoms with E-state index < -0.39 is 19.1 Å². The Labute approximate surface area is 163 Å². The molecule has 0 aliphatic carbocycles. The van der Waals surface area contributed by atoms with Gasteiger partial charge in [0.25, 0.3) is 6.43 Å². The number of nitrogens with zero attached hydrogens (tertiary/aromatic N) is 5. The van der Waals surface area contributed by atoms with E-state index >= 15 is 0 Å². The first-order valence-electron chi connectivity index (χ1n) is 8.71. The molecule has 1 aliphatic heterocycles. The molecule has 1 aliphatic rings. The molecule has 6 nitrogen and oxygen atoms in total. The fourth-order valence-corrected chi connectivity index (χ4v) is 3.64. The molecule has 0 spiro atoms. The standard InChI is InChI=1S/C18H18F3N5OS/c1-28-18-23-14(25-6-7-27-10-11(25)9-19)8-15(24-18)26-13-5-3-2-4-12(13)22-17(26)16(20)21/h2-5,8,11,16H,6-7,9-10H2,1H3/t11-/m1/s1. The molecule has 10 heteroatoms. The number of hydrogen-bond acceptors (Lipinski definition) is 6. The maximum Gasteiger partial charge on any atom is 0.296 e. The molecule has 0 amide bonds. The molecular formula is C18H18F3N5OS. The number of ether oxygens (including phenoxy) is 1. The minimum Gasteiger partial charge on any atom is -0.377 e. The zero-order chi connectivity index (χ0) is 19.7. The van der Waals surface area contributed by atoms with Crippen LogP contribution in [0.15, 0.2) is 35.5 Å². The maximum atomic E-state index is 13.7. The van der Waals surface area contributed by atoms with E-state index in [0.29, 0.717) is 35.2 Å². The highest BCUT2D eigenvalue weighted by molar-refractivity contribution is 7.98. The van der Waals surface area contributed by atoms with Crippen molar-refractivity contribution in [2.24, 2.45) is 0 Å². The van der Waals surface area contributed by atoms with E-state index in [4.69, 9.17) is 4.74 Å². The van der Waals surface area contributed by atoms with Gasteiger partial charge in [-0.05, 0) is 18.4 Å². The van der Waals surface area contributed by atoms with Crippen LogP contribution in [-0.4, -0.2) is 58.2 Å². The van der Waals surface area contributed by atoms with Gasteiger partial charge in [-0.1, -0.05) is 23.9 Å². The second kappa shape index (κ2) is 7.96. The molecule has 1 saturated heterocycles. The van der Waals surface area contributed by atoms with Gasteiger partial charge in [0.2, 0.25) is 0 Å². The Balaban J connectivity index is 1.89. The van der Waals surface area contributed by atoms with Crippen LogP contribution in [0.4, 0.5) is 19.0 Å². The third-order valence-electron chi connectivity index (χ3n) is 4.57. The number of aromatic nitrogens is 4. The lowest BCUT2D eigenvalue weighted by molar-refractivity contribution is 0.0855. The number of thioether (sulfide) groups is 1. The molecule has 0 unspecified atom stereocenters. The summed E-state index contributed by atoms with van der Waals surface area (Å²) in [5, 5.41) is 0.412. The van der Waals surface area contributed by atoms with Gasteiger partial charge in [-0.25, -0.2) is 28.1 Å². The molecule has 148 valence electrons. The van der Waals surface area contributed by atoms with E-state index in [2.05, 4.69) is 15.0 Å². The Hall–Kier alpha value is -2.33. The molecule has 1 aromatic carbocycles. The van der Waals surface area contributed by atoms with Crippen molar-refractivity contribution in [2.75, 3.05) is 37.6 Å². The van der Waals surface area contributed by atoms with Gasteiger partial charge in [0.15, 0.2) is 11.0 Å². The predicted molar refractivity (Wildman–Crippen MR) is 101 cm³/mol. The molecule has 0 saturated carbocycles. The van der Waals surface area contributed by atoms with E-state index in [1.54, 1.807) is 41.5 Å². The summed E-state index contributed by atoms with van der Waals surface area (Å²) in [5.74, 6) is 0.377. The highest BCUT2D eigenvalue weighted by Gasteiger charge is 2.27. The molecule has 2 aromatic heterocycles. The number of para-hydroxylation sites is 2. The fraction of sp³-hybridized carbons (Fsp3) is 0.389. The molecule has 0 radical (unpaired) electrons. The highest BCUT2D eigenvalue weighted by Crippen LogP contribution is 2.30. The van der Waals surface area contributed by atoms with Crippen molar-refractivity contribution in [1.29, 1.82) is 0 Å². The average molecular weight is 409 g/mol. The average Bonchev–Trinajstić information content (AvgIpc) is 3.13. The van der Waals surface area contributed by atoms with Crippen molar-refractivity contribution in [3.05, 3.63) is 36.2 Å². The van der Waals surface area contributed by atoms with Crippen LogP contribution < -0.4 is 4.90 Å². The summed E-state index contributed by atoms with van der Waals surface area (Å²) in [6, 6.07) is 8.03. The maximum absolute atomic E-state index is 13.7. The summed E-state index contributed by atoms with van der Waals surface area (Å²) in [6.07, 6.45) is -0.972. The van der Waals surface area contributed by atoms with Crippen molar-refractivity contribution in [2.45, 2.75) is 17.6 Å². The summed E-state index contributed by atoms with van der Waals surface area (Å²) in [4.78, 5) is 14.8. The molecule has 3 aromatic rings. The summed E-state index contributed by atoms with van der Waals surface area (Å²) < 4.78 is 47.5. The Morgan fingerprint density at radius 1 is 1.21 bits per heavy atom. The van der Waals surface area contributed by atoms with Gasteiger partial charge in [0, 0.05) is 12.6 Å². The normalized spacial score (nSPS) is 17.6. The van der Waals surface area contributed by atoms with Gasteiger partial charge in [0.05, 0.1) is 30.3 Å². The Morgan fingerprint density at radius 3 is 2.75 bits per heavy atom. The van der Waals surface area contributed by atoms with Crippen LogP contribution in [0.5, 0.6) is 0 Å². The lowest BCUT2D eigenvalue weighted by Gasteiger charge is -2.35. The number of hydrogen-bond donors (Lipinski definition) is 0. The topological polar surface area (TPSA) is 56.1 Å². The number of benzene rings is 1. The highest BCUT2D eigenvalue weighted by atomic mass is 32.2. The van der Waals surface area contributed by atoms with E-state index in [1.807, 2.05) is 0 Å². The molecule has 0 bridgehead atoms. The first-order chi connectivity index (χ1) is 13.6. The number of alkyl halides is 3. The molecule has 4 rings (SSSR count). The largest absolute Gasteiger partial charge is 0.377 e. The zero-order valence-electron chi connectivity index (χ0n) is 15.1. The van der Waals surface area contributed by atoms with Crippen LogP contribution in [0.2, 0.25) is 0 Å². The van der Waals surface area contributed by atoms with Crippen molar-refractivity contribution in [1.82, 2.24) is 19.5 Å². The van der Waals surface area contributed by atoms with Crippen LogP contribution >= 0.6 is 11.8 Å². The minimum atomic E-state index is -2.77. The Kier molecular flexibility index (Phi) is 5.40. The van der Waals surface area contributed by atoms with E-state index in [-0.39, 0.29) is 18.2 Å². The number of halogens is 3. The zero-order valence-corrected chi connectivity index (χ0v) is 15.9. The van der Waals surface area contributed by atoms with Crippen LogP contribution in [-0.2, 0) is 4.74 Å². The number of morpholine rings is 1. The van der Waals surface area contributed by atoms with E-state index in [9.17, 15) is 13.2 Å². The van der Waals surface area contributed by atoms with Gasteiger partial charge >= 0.3 is 0 Å². The summed E-state index contributed by atoms with van der Waals surface area (Å²) in [6.45, 7) is 0.566. The second-order valence-electron chi connectivity index (χ2n) is 6.24. The van der Waals surface area contributed by atoms with Crippen LogP contribution in [0.3, 0.4) is 0 Å². The molecule has 0 N–H and O–H groups in total. The third kappa shape index (κ3) is 3.42. The summed E-state index contributed by atoms with van der Waals surface area (Å²) in [7, 11) is 0. The van der Waals surface area contributed by atoms with Crippen molar-refractivity contribution in [3.8, 4) is 5.82 Å².